The Labute approximate surface area is 162 Å². The third-order valence-corrected chi connectivity index (χ3v) is 5.49. The molecule has 0 aromatic heterocycles. The second-order valence-corrected chi connectivity index (χ2v) is 7.03. The molecule has 0 aliphatic carbocycles. The van der Waals surface area contributed by atoms with Crippen molar-refractivity contribution in [3.63, 3.8) is 0 Å². The zero-order valence-electron chi connectivity index (χ0n) is 13.7. The molecule has 4 aromatic rings. The summed E-state index contributed by atoms with van der Waals surface area (Å²) in [5.41, 5.74) is 7.61. The molecule has 0 saturated heterocycles. The first-order valence-electron chi connectivity index (χ1n) is 8.33. The molecular weight excluding hydrogens is 415 g/mol. The van der Waals surface area contributed by atoms with Crippen molar-refractivity contribution in [2.75, 3.05) is 0 Å². The van der Waals surface area contributed by atoms with Gasteiger partial charge >= 0.3 is 0 Å². The van der Waals surface area contributed by atoms with Crippen LogP contribution in [0.3, 0.4) is 0 Å². The van der Waals surface area contributed by atoms with Crippen molar-refractivity contribution in [1.82, 2.24) is 0 Å². The van der Waals surface area contributed by atoms with E-state index in [1.165, 1.54) is 37.0 Å². The third kappa shape index (κ3) is 3.24. The van der Waals surface area contributed by atoms with Crippen LogP contribution in [0.15, 0.2) is 103 Å². The number of rotatable bonds is 3. The second kappa shape index (κ2) is 7.24. The lowest BCUT2D eigenvalue weighted by molar-refractivity contribution is 1.53. The van der Waals surface area contributed by atoms with Gasteiger partial charge in [0.25, 0.3) is 0 Å². The monoisotopic (exact) mass is 432 g/mol. The van der Waals surface area contributed by atoms with Gasteiger partial charge in [0, 0.05) is 9.13 Å². The Hall–Kier alpha value is -2.39. The van der Waals surface area contributed by atoms with E-state index in [1.54, 1.807) is 0 Å². The number of benzene rings is 4. The number of hydrogen-bond donors (Lipinski definition) is 0. The van der Waals surface area contributed by atoms with E-state index in [2.05, 4.69) is 126 Å². The Kier molecular flexibility index (Phi) is 4.66. The molecule has 0 atom stereocenters. The summed E-state index contributed by atoms with van der Waals surface area (Å²) >= 11 is 2.50. The summed E-state index contributed by atoms with van der Waals surface area (Å²) in [5.74, 6) is 0. The van der Waals surface area contributed by atoms with Crippen LogP contribution in [0.1, 0.15) is 0 Å². The van der Waals surface area contributed by atoms with Crippen molar-refractivity contribution < 1.29 is 0 Å². The lowest BCUT2D eigenvalue weighted by Gasteiger charge is -2.16. The highest BCUT2D eigenvalue weighted by atomic mass is 127. The van der Waals surface area contributed by atoms with E-state index in [0.29, 0.717) is 0 Å². The van der Waals surface area contributed by atoms with Crippen molar-refractivity contribution in [2.45, 2.75) is 0 Å². The van der Waals surface area contributed by atoms with Gasteiger partial charge in [-0.3, -0.25) is 0 Å². The van der Waals surface area contributed by atoms with Crippen molar-refractivity contribution >= 4 is 22.6 Å². The molecule has 0 fully saturated rings. The molecule has 25 heavy (non-hydrogen) atoms. The minimum absolute atomic E-state index is 1.25. The van der Waals surface area contributed by atoms with Crippen LogP contribution in [-0.2, 0) is 0 Å². The molecule has 0 N–H and O–H groups in total. The highest BCUT2D eigenvalue weighted by Crippen LogP contribution is 2.40. The quantitative estimate of drug-likeness (QED) is 0.298. The van der Waals surface area contributed by atoms with Crippen molar-refractivity contribution in [3.8, 4) is 33.4 Å². The Morgan fingerprint density at radius 1 is 0.400 bits per heavy atom. The van der Waals surface area contributed by atoms with Crippen molar-refractivity contribution in [2.24, 2.45) is 0 Å². The Balaban J connectivity index is 2.00. The van der Waals surface area contributed by atoms with E-state index in [9.17, 15) is 0 Å². The molecule has 0 aliphatic heterocycles. The maximum Gasteiger partial charge on any atom is 0.0293 e. The molecule has 0 heterocycles. The largest absolute Gasteiger partial charge is 0.0622 e. The fraction of sp³-hybridized carbons (Fsp3) is 0. The summed E-state index contributed by atoms with van der Waals surface area (Å²) in [7, 11) is 0. The Morgan fingerprint density at radius 2 is 0.800 bits per heavy atom. The average molecular weight is 432 g/mol. The maximum atomic E-state index is 2.50. The lowest BCUT2D eigenvalue weighted by atomic mass is 9.91. The van der Waals surface area contributed by atoms with Crippen LogP contribution in [0.25, 0.3) is 33.4 Å². The van der Waals surface area contributed by atoms with E-state index in [-0.39, 0.29) is 0 Å². The van der Waals surface area contributed by atoms with Gasteiger partial charge in [0.1, 0.15) is 0 Å². The van der Waals surface area contributed by atoms with Crippen LogP contribution in [0.4, 0.5) is 0 Å². The Morgan fingerprint density at radius 3 is 1.32 bits per heavy atom. The SMILES string of the molecule is Ic1c(-c2ccccc2)ccc(-c2ccccc2)c1-c1ccccc1. The molecule has 0 unspecified atom stereocenters. The molecule has 1 heteroatoms. The third-order valence-electron chi connectivity index (χ3n) is 4.37. The first-order valence-corrected chi connectivity index (χ1v) is 9.41. The minimum Gasteiger partial charge on any atom is -0.0622 e. The molecule has 4 rings (SSSR count). The summed E-state index contributed by atoms with van der Waals surface area (Å²) in [6.07, 6.45) is 0. The lowest BCUT2D eigenvalue weighted by Crippen LogP contribution is -1.93. The van der Waals surface area contributed by atoms with Gasteiger partial charge in [-0.25, -0.2) is 0 Å². The molecular formula is C24H17I. The smallest absolute Gasteiger partial charge is 0.0293 e. The van der Waals surface area contributed by atoms with Gasteiger partial charge < -0.3 is 0 Å². The van der Waals surface area contributed by atoms with Gasteiger partial charge in [-0.1, -0.05) is 103 Å². The second-order valence-electron chi connectivity index (χ2n) is 5.95. The molecule has 0 nitrogen and oxygen atoms in total. The predicted octanol–water partition coefficient (Wildman–Crippen LogP) is 7.29. The highest BCUT2D eigenvalue weighted by molar-refractivity contribution is 14.1. The van der Waals surface area contributed by atoms with E-state index in [0.717, 1.165) is 0 Å². The fourth-order valence-electron chi connectivity index (χ4n) is 3.16. The highest BCUT2D eigenvalue weighted by Gasteiger charge is 2.15. The van der Waals surface area contributed by atoms with Crippen LogP contribution in [0.2, 0.25) is 0 Å². The molecule has 0 saturated carbocycles. The van der Waals surface area contributed by atoms with Crippen molar-refractivity contribution in [3.05, 3.63) is 107 Å². The van der Waals surface area contributed by atoms with Gasteiger partial charge in [0.2, 0.25) is 0 Å². The zero-order chi connectivity index (χ0) is 17.1. The fourth-order valence-corrected chi connectivity index (χ4v) is 4.26. The van der Waals surface area contributed by atoms with Crippen LogP contribution in [0, 0.1) is 3.57 Å². The number of halogens is 1. The minimum atomic E-state index is 1.25. The van der Waals surface area contributed by atoms with E-state index < -0.39 is 0 Å². The summed E-state index contributed by atoms with van der Waals surface area (Å²) in [4.78, 5) is 0. The predicted molar refractivity (Wildman–Crippen MR) is 115 cm³/mol. The molecule has 0 spiro atoms. The van der Waals surface area contributed by atoms with Gasteiger partial charge in [0.05, 0.1) is 0 Å². The molecule has 4 aromatic carbocycles. The van der Waals surface area contributed by atoms with Crippen molar-refractivity contribution in [1.29, 1.82) is 0 Å². The van der Waals surface area contributed by atoms with E-state index in [1.807, 2.05) is 0 Å². The van der Waals surface area contributed by atoms with Crippen LogP contribution in [-0.4, -0.2) is 0 Å². The van der Waals surface area contributed by atoms with E-state index >= 15 is 0 Å². The maximum absolute atomic E-state index is 2.50. The first kappa shape index (κ1) is 16.1. The molecule has 0 amide bonds. The van der Waals surface area contributed by atoms with Gasteiger partial charge in [-0.2, -0.15) is 0 Å². The summed E-state index contributed by atoms with van der Waals surface area (Å²) < 4.78 is 1.29. The summed E-state index contributed by atoms with van der Waals surface area (Å²) in [6, 6.07) is 36.4. The standard InChI is InChI=1S/C24H17I/c25-24-22(19-12-6-2-7-13-19)17-16-21(18-10-4-1-5-11-18)23(24)20-14-8-3-9-15-20/h1-17H. The van der Waals surface area contributed by atoms with Gasteiger partial charge in [-0.15, -0.1) is 0 Å². The Bertz CT molecular complexity index is 974. The van der Waals surface area contributed by atoms with Crippen LogP contribution >= 0.6 is 22.6 Å². The summed E-state index contributed by atoms with van der Waals surface area (Å²) in [5, 5.41) is 0. The molecule has 0 bridgehead atoms. The normalized spacial score (nSPS) is 10.6. The number of hydrogen-bond acceptors (Lipinski definition) is 0. The van der Waals surface area contributed by atoms with Crippen LogP contribution in [0.5, 0.6) is 0 Å². The molecule has 0 aliphatic rings. The molecule has 0 radical (unpaired) electrons. The van der Waals surface area contributed by atoms with Gasteiger partial charge in [0.15, 0.2) is 0 Å². The van der Waals surface area contributed by atoms with Crippen LogP contribution < -0.4 is 0 Å². The summed E-state index contributed by atoms with van der Waals surface area (Å²) in [6.45, 7) is 0. The zero-order valence-corrected chi connectivity index (χ0v) is 15.9. The van der Waals surface area contributed by atoms with Gasteiger partial charge in [-0.05, 0) is 50.4 Å². The molecule has 120 valence electrons. The first-order chi connectivity index (χ1) is 12.3. The topological polar surface area (TPSA) is 0 Å². The van der Waals surface area contributed by atoms with E-state index in [4.69, 9.17) is 0 Å². The average Bonchev–Trinajstić information content (AvgIpc) is 2.70.